The molecule has 5 rings (SSSR count). The number of aromatic nitrogens is 2. The van der Waals surface area contributed by atoms with Crippen molar-refractivity contribution in [1.82, 2.24) is 9.78 Å². The number of amides is 2. The highest BCUT2D eigenvalue weighted by molar-refractivity contribution is 7.90. The van der Waals surface area contributed by atoms with Gasteiger partial charge in [0.15, 0.2) is 9.84 Å². The van der Waals surface area contributed by atoms with Gasteiger partial charge in [-0.15, -0.1) is 0 Å². The second-order valence-corrected chi connectivity index (χ2v) is 10.3. The molecule has 2 aromatic carbocycles. The van der Waals surface area contributed by atoms with Gasteiger partial charge in [-0.1, -0.05) is 36.4 Å². The van der Waals surface area contributed by atoms with Gasteiger partial charge in [-0.2, -0.15) is 5.10 Å². The lowest BCUT2D eigenvalue weighted by molar-refractivity contribution is -0.122. The molecule has 2 aliphatic rings. The number of nitrogens with zero attached hydrogens (tertiary/aromatic N) is 3. The smallest absolute Gasteiger partial charge is 0.230 e. The van der Waals surface area contributed by atoms with Gasteiger partial charge in [-0.05, 0) is 30.7 Å². The molecule has 0 bridgehead atoms. The summed E-state index contributed by atoms with van der Waals surface area (Å²) in [6.45, 7) is 2.20. The highest BCUT2D eigenvalue weighted by Gasteiger charge is 2.38. The summed E-state index contributed by atoms with van der Waals surface area (Å²) in [5.74, 6) is -0.921. The molecule has 1 N–H and O–H groups in total. The van der Waals surface area contributed by atoms with Crippen LogP contribution in [0.1, 0.15) is 23.2 Å². The summed E-state index contributed by atoms with van der Waals surface area (Å²) < 4.78 is 26.0. The lowest BCUT2D eigenvalue weighted by Gasteiger charge is -2.17. The van der Waals surface area contributed by atoms with Gasteiger partial charge in [0.05, 0.1) is 28.8 Å². The van der Waals surface area contributed by atoms with Crippen LogP contribution in [0.3, 0.4) is 0 Å². The van der Waals surface area contributed by atoms with Crippen LogP contribution >= 0.6 is 0 Å². The lowest BCUT2D eigenvalue weighted by Crippen LogP contribution is -2.29. The molecule has 0 spiro atoms. The van der Waals surface area contributed by atoms with E-state index in [1.807, 2.05) is 61.5 Å². The van der Waals surface area contributed by atoms with Crippen LogP contribution in [0.4, 0.5) is 11.5 Å². The minimum atomic E-state index is -3.29. The monoisotopic (exact) mass is 450 g/mol. The Labute approximate surface area is 185 Å². The molecular weight excluding hydrogens is 428 g/mol. The molecule has 0 aliphatic carbocycles. The number of anilines is 2. The Morgan fingerprint density at radius 2 is 1.78 bits per heavy atom. The maximum Gasteiger partial charge on any atom is 0.230 e. The van der Waals surface area contributed by atoms with Crippen LogP contribution in [0.15, 0.2) is 54.6 Å². The third kappa shape index (κ3) is 3.58. The molecule has 32 heavy (non-hydrogen) atoms. The third-order valence-corrected chi connectivity index (χ3v) is 7.38. The Balaban J connectivity index is 1.46. The standard InChI is InChI=1S/C23H22N4O4S/c1-15-7-5-6-10-20(15)27-22(18-13-32(30,31)14-19(18)25-27)24-23(29)16-11-21(28)26(12-16)17-8-3-2-4-9-17/h2-10,16H,11-14H2,1H3,(H,24,29)/t16-/m1/s1. The first-order valence-electron chi connectivity index (χ1n) is 10.4. The van der Waals surface area contributed by atoms with Gasteiger partial charge in [0.25, 0.3) is 0 Å². The van der Waals surface area contributed by atoms with Gasteiger partial charge in [0.1, 0.15) is 5.82 Å². The number of aryl methyl sites for hydroxylation is 1. The van der Waals surface area contributed by atoms with E-state index in [1.165, 1.54) is 0 Å². The van der Waals surface area contributed by atoms with Crippen molar-refractivity contribution in [3.05, 3.63) is 71.4 Å². The number of carbonyl (C=O) groups excluding carboxylic acids is 2. The molecule has 164 valence electrons. The number of carbonyl (C=O) groups is 2. The van der Waals surface area contributed by atoms with Gasteiger partial charge in [-0.3, -0.25) is 9.59 Å². The van der Waals surface area contributed by atoms with Crippen LogP contribution in [-0.2, 0) is 30.9 Å². The van der Waals surface area contributed by atoms with E-state index in [0.29, 0.717) is 17.1 Å². The van der Waals surface area contributed by atoms with Crippen molar-refractivity contribution in [1.29, 1.82) is 0 Å². The van der Waals surface area contributed by atoms with Gasteiger partial charge in [0, 0.05) is 24.2 Å². The molecule has 1 atom stereocenters. The number of hydrogen-bond donors (Lipinski definition) is 1. The molecule has 8 nitrogen and oxygen atoms in total. The second-order valence-electron chi connectivity index (χ2n) is 8.23. The van der Waals surface area contributed by atoms with E-state index in [-0.39, 0.29) is 36.3 Å². The number of hydrogen-bond acceptors (Lipinski definition) is 5. The predicted molar refractivity (Wildman–Crippen MR) is 120 cm³/mol. The number of para-hydroxylation sites is 2. The quantitative estimate of drug-likeness (QED) is 0.658. The molecule has 1 saturated heterocycles. The number of fused-ring (bicyclic) bond motifs is 1. The van der Waals surface area contributed by atoms with Crippen molar-refractivity contribution in [3.8, 4) is 5.69 Å². The van der Waals surface area contributed by atoms with Crippen molar-refractivity contribution in [3.63, 3.8) is 0 Å². The van der Waals surface area contributed by atoms with Crippen LogP contribution in [-0.4, -0.2) is 36.6 Å². The maximum absolute atomic E-state index is 13.2. The molecule has 9 heteroatoms. The number of rotatable bonds is 4. The molecule has 0 saturated carbocycles. The van der Waals surface area contributed by atoms with Crippen LogP contribution < -0.4 is 10.2 Å². The fourth-order valence-electron chi connectivity index (χ4n) is 4.31. The average molecular weight is 451 g/mol. The van der Waals surface area contributed by atoms with E-state index >= 15 is 0 Å². The predicted octanol–water partition coefficient (Wildman–Crippen LogP) is 2.60. The summed E-state index contributed by atoms with van der Waals surface area (Å²) in [4.78, 5) is 27.3. The first-order valence-corrected chi connectivity index (χ1v) is 12.2. The van der Waals surface area contributed by atoms with Gasteiger partial charge in [0.2, 0.25) is 11.8 Å². The number of nitrogens with one attached hydrogen (secondary N) is 1. The Morgan fingerprint density at radius 3 is 2.53 bits per heavy atom. The Bertz CT molecular complexity index is 1330. The molecule has 3 heterocycles. The summed E-state index contributed by atoms with van der Waals surface area (Å²) in [6, 6.07) is 16.8. The minimum Gasteiger partial charge on any atom is -0.312 e. The molecule has 2 aliphatic heterocycles. The Morgan fingerprint density at radius 1 is 1.06 bits per heavy atom. The summed E-state index contributed by atoms with van der Waals surface area (Å²) in [7, 11) is -3.29. The first kappa shape index (κ1) is 20.4. The largest absolute Gasteiger partial charge is 0.312 e. The molecule has 3 aromatic rings. The van der Waals surface area contributed by atoms with Gasteiger partial charge >= 0.3 is 0 Å². The highest BCUT2D eigenvalue weighted by Crippen LogP contribution is 2.34. The molecule has 1 fully saturated rings. The third-order valence-electron chi connectivity index (χ3n) is 5.94. The minimum absolute atomic E-state index is 0.0969. The van der Waals surface area contributed by atoms with E-state index < -0.39 is 15.8 Å². The molecule has 1 aromatic heterocycles. The lowest BCUT2D eigenvalue weighted by atomic mass is 10.1. The summed E-state index contributed by atoms with van der Waals surface area (Å²) in [5, 5.41) is 7.43. The zero-order valence-electron chi connectivity index (χ0n) is 17.5. The molecule has 0 radical (unpaired) electrons. The van der Waals surface area contributed by atoms with Crippen LogP contribution in [0.5, 0.6) is 0 Å². The van der Waals surface area contributed by atoms with Crippen molar-refractivity contribution in [2.75, 3.05) is 16.8 Å². The highest BCUT2D eigenvalue weighted by atomic mass is 32.2. The summed E-state index contributed by atoms with van der Waals surface area (Å²) in [6.07, 6.45) is 0.0969. The average Bonchev–Trinajstić information content (AvgIpc) is 3.39. The number of sulfone groups is 1. The molecular formula is C23H22N4O4S. The van der Waals surface area contributed by atoms with Crippen molar-refractivity contribution < 1.29 is 18.0 Å². The second kappa shape index (κ2) is 7.59. The SMILES string of the molecule is Cc1ccccc1-n1nc2c(c1NC(=O)[C@@H]1CC(=O)N(c3ccccc3)C1)CS(=O)(=O)C2. The van der Waals surface area contributed by atoms with E-state index in [1.54, 1.807) is 9.58 Å². The Kier molecular flexibility index (Phi) is 4.85. The molecule has 0 unspecified atom stereocenters. The van der Waals surface area contributed by atoms with Crippen LogP contribution in [0, 0.1) is 12.8 Å². The van der Waals surface area contributed by atoms with E-state index in [0.717, 1.165) is 16.9 Å². The van der Waals surface area contributed by atoms with Crippen LogP contribution in [0.25, 0.3) is 5.69 Å². The summed E-state index contributed by atoms with van der Waals surface area (Å²) >= 11 is 0. The number of benzene rings is 2. The summed E-state index contributed by atoms with van der Waals surface area (Å²) in [5.41, 5.74) is 3.44. The van der Waals surface area contributed by atoms with Crippen molar-refractivity contribution in [2.45, 2.75) is 24.9 Å². The maximum atomic E-state index is 13.2. The van der Waals surface area contributed by atoms with E-state index in [9.17, 15) is 18.0 Å². The van der Waals surface area contributed by atoms with Gasteiger partial charge in [-0.25, -0.2) is 13.1 Å². The van der Waals surface area contributed by atoms with Crippen molar-refractivity contribution in [2.24, 2.45) is 5.92 Å². The fourth-order valence-corrected chi connectivity index (χ4v) is 5.80. The fraction of sp³-hybridized carbons (Fsp3) is 0.261. The first-order chi connectivity index (χ1) is 15.3. The zero-order valence-corrected chi connectivity index (χ0v) is 18.3. The van der Waals surface area contributed by atoms with Crippen LogP contribution in [0.2, 0.25) is 0 Å². The van der Waals surface area contributed by atoms with Crippen molar-refractivity contribution >= 4 is 33.2 Å². The van der Waals surface area contributed by atoms with E-state index in [2.05, 4.69) is 10.4 Å². The van der Waals surface area contributed by atoms with Gasteiger partial charge < -0.3 is 10.2 Å². The Hall–Kier alpha value is -3.46. The van der Waals surface area contributed by atoms with E-state index in [4.69, 9.17) is 0 Å². The topological polar surface area (TPSA) is 101 Å². The normalized spacial score (nSPS) is 19.2. The zero-order chi connectivity index (χ0) is 22.5. The molecule has 2 amide bonds.